The van der Waals surface area contributed by atoms with Crippen molar-refractivity contribution in [1.29, 1.82) is 0 Å². The fourth-order valence-electron chi connectivity index (χ4n) is 0.224. The van der Waals surface area contributed by atoms with Crippen LogP contribution in [0.2, 0.25) is 0 Å². The quantitative estimate of drug-likeness (QED) is 0.693. The molecular formula is C6H9Bi. The van der Waals surface area contributed by atoms with Gasteiger partial charge in [-0.3, -0.25) is 0 Å². The Labute approximate surface area is 52.9 Å². The maximum absolute atomic E-state index is 3.65. The Morgan fingerprint density at radius 1 is 0.857 bits per heavy atom. The molecule has 0 heterocycles. The first-order chi connectivity index (χ1) is 3.35. The summed E-state index contributed by atoms with van der Waals surface area (Å²) < 4.78 is 5.99. The Morgan fingerprint density at radius 3 is 1.14 bits per heavy atom. The molecule has 0 fully saturated rings. The van der Waals surface area contributed by atoms with Gasteiger partial charge < -0.3 is 0 Å². The van der Waals surface area contributed by atoms with Gasteiger partial charge in [0, 0.05) is 0 Å². The van der Waals surface area contributed by atoms with Gasteiger partial charge in [-0.2, -0.15) is 0 Å². The second-order valence-electron chi connectivity index (χ2n) is 0.995. The van der Waals surface area contributed by atoms with Gasteiger partial charge in [-0.1, -0.05) is 0 Å². The van der Waals surface area contributed by atoms with Gasteiger partial charge >= 0.3 is 52.8 Å². The monoisotopic (exact) mass is 290 g/mol. The van der Waals surface area contributed by atoms with E-state index in [2.05, 4.69) is 19.7 Å². The van der Waals surface area contributed by atoms with Crippen molar-refractivity contribution in [2.45, 2.75) is 0 Å². The minimum atomic E-state index is -1.42. The molecule has 0 spiro atoms. The van der Waals surface area contributed by atoms with Crippen LogP contribution < -0.4 is 0 Å². The topological polar surface area (TPSA) is 0 Å². The Hall–Kier alpha value is 0.103. The van der Waals surface area contributed by atoms with Gasteiger partial charge in [0.25, 0.3) is 0 Å². The summed E-state index contributed by atoms with van der Waals surface area (Å²) in [5.74, 6) is 0. The van der Waals surface area contributed by atoms with Crippen molar-refractivity contribution in [1.82, 2.24) is 0 Å². The molecule has 0 N–H and O–H groups in total. The second-order valence-corrected chi connectivity index (χ2v) is 8.73. The molecule has 0 aliphatic heterocycles. The summed E-state index contributed by atoms with van der Waals surface area (Å²) in [5.41, 5.74) is 0. The Balaban J connectivity index is 3.57. The third-order valence-corrected chi connectivity index (χ3v) is 5.55. The standard InChI is InChI=1S/3C2H3.Bi/c3*1-2;/h3*1H,2H2;. The van der Waals surface area contributed by atoms with E-state index in [1.807, 2.05) is 11.4 Å². The molecule has 0 aromatic rings. The number of hydrogen-bond donors (Lipinski definition) is 0. The fraction of sp³-hybridized carbons (Fsp3) is 0. The predicted molar refractivity (Wildman–Crippen MR) is 36.3 cm³/mol. The molecule has 0 aromatic heterocycles. The summed E-state index contributed by atoms with van der Waals surface area (Å²) in [6, 6.07) is 0. The molecule has 0 amide bonds. The van der Waals surface area contributed by atoms with Crippen molar-refractivity contribution in [3.63, 3.8) is 0 Å². The summed E-state index contributed by atoms with van der Waals surface area (Å²) in [7, 11) is 0. The number of rotatable bonds is 3. The van der Waals surface area contributed by atoms with E-state index in [0.29, 0.717) is 0 Å². The van der Waals surface area contributed by atoms with Crippen molar-refractivity contribution < 1.29 is 0 Å². The molecule has 38 valence electrons. The van der Waals surface area contributed by atoms with Crippen LogP contribution >= 0.6 is 0 Å². The van der Waals surface area contributed by atoms with E-state index in [4.69, 9.17) is 0 Å². The average molecular weight is 290 g/mol. The van der Waals surface area contributed by atoms with Crippen molar-refractivity contribution in [2.75, 3.05) is 0 Å². The molecule has 0 aromatic carbocycles. The van der Waals surface area contributed by atoms with Gasteiger partial charge in [0.2, 0.25) is 0 Å². The van der Waals surface area contributed by atoms with Crippen LogP contribution in [-0.2, 0) is 0 Å². The summed E-state index contributed by atoms with van der Waals surface area (Å²) in [6.07, 6.45) is 0. The van der Waals surface area contributed by atoms with Crippen LogP contribution in [0, 0.1) is 0 Å². The molecule has 0 rings (SSSR count). The molecule has 0 bridgehead atoms. The van der Waals surface area contributed by atoms with Crippen LogP contribution in [0.5, 0.6) is 0 Å². The summed E-state index contributed by atoms with van der Waals surface area (Å²) in [4.78, 5) is 0. The van der Waals surface area contributed by atoms with E-state index >= 15 is 0 Å². The van der Waals surface area contributed by atoms with E-state index in [1.165, 1.54) is 0 Å². The first-order valence-electron chi connectivity index (χ1n) is 2.00. The Morgan fingerprint density at radius 2 is 1.14 bits per heavy atom. The third-order valence-electron chi connectivity index (χ3n) is 0.632. The van der Waals surface area contributed by atoms with Gasteiger partial charge in [-0.15, -0.1) is 0 Å². The molecule has 0 saturated heterocycles. The second kappa shape index (κ2) is 4.27. The zero-order chi connectivity index (χ0) is 5.70. The molecular weight excluding hydrogens is 281 g/mol. The van der Waals surface area contributed by atoms with Crippen molar-refractivity contribution in [3.8, 4) is 0 Å². The summed E-state index contributed by atoms with van der Waals surface area (Å²) in [6.45, 7) is 11.0. The molecule has 0 unspecified atom stereocenters. The molecule has 0 saturated carbocycles. The van der Waals surface area contributed by atoms with Crippen LogP contribution in [0.3, 0.4) is 0 Å². The van der Waals surface area contributed by atoms with E-state index in [9.17, 15) is 0 Å². The molecule has 0 aliphatic rings. The number of hydrogen-bond acceptors (Lipinski definition) is 0. The predicted octanol–water partition coefficient (Wildman–Crippen LogP) is 1.66. The zero-order valence-electron chi connectivity index (χ0n) is 4.30. The normalized spacial score (nSPS) is 8.14. The van der Waals surface area contributed by atoms with E-state index in [0.717, 1.165) is 0 Å². The minimum absolute atomic E-state index is 1.42. The molecule has 1 heteroatoms. The van der Waals surface area contributed by atoms with Gasteiger partial charge in [0.05, 0.1) is 0 Å². The van der Waals surface area contributed by atoms with Crippen LogP contribution in [-0.4, -0.2) is 21.8 Å². The van der Waals surface area contributed by atoms with Gasteiger partial charge in [0.1, 0.15) is 0 Å². The van der Waals surface area contributed by atoms with Crippen molar-refractivity contribution in [3.05, 3.63) is 31.1 Å². The zero-order valence-corrected chi connectivity index (χ0v) is 7.78. The Bertz CT molecular complexity index is 65.2. The molecule has 0 aliphatic carbocycles. The van der Waals surface area contributed by atoms with Gasteiger partial charge in [-0.25, -0.2) is 0 Å². The van der Waals surface area contributed by atoms with E-state index < -0.39 is 21.8 Å². The maximum atomic E-state index is 3.65. The van der Waals surface area contributed by atoms with Crippen LogP contribution in [0.15, 0.2) is 31.1 Å². The molecule has 0 nitrogen and oxygen atoms in total. The summed E-state index contributed by atoms with van der Waals surface area (Å²) >= 11 is -1.42. The fourth-order valence-corrected chi connectivity index (χ4v) is 1.96. The average Bonchev–Trinajstić information content (AvgIpc) is 1.72. The first-order valence-corrected chi connectivity index (χ1v) is 8.02. The van der Waals surface area contributed by atoms with Gasteiger partial charge in [0.15, 0.2) is 0 Å². The van der Waals surface area contributed by atoms with Crippen LogP contribution in [0.4, 0.5) is 0 Å². The SMILES string of the molecule is C=[CH][Bi]([CH]=C)[CH]=C. The first kappa shape index (κ1) is 7.10. The van der Waals surface area contributed by atoms with Gasteiger partial charge in [-0.05, 0) is 0 Å². The third kappa shape index (κ3) is 2.76. The Kier molecular flexibility index (Phi) is 4.33. The van der Waals surface area contributed by atoms with E-state index in [1.54, 1.807) is 0 Å². The molecule has 0 atom stereocenters. The van der Waals surface area contributed by atoms with E-state index in [-0.39, 0.29) is 0 Å². The van der Waals surface area contributed by atoms with Crippen molar-refractivity contribution >= 4 is 21.8 Å². The van der Waals surface area contributed by atoms with Crippen LogP contribution in [0.25, 0.3) is 0 Å². The molecule has 0 radical (unpaired) electrons. The molecule has 7 heavy (non-hydrogen) atoms. The van der Waals surface area contributed by atoms with Crippen LogP contribution in [0.1, 0.15) is 0 Å². The summed E-state index contributed by atoms with van der Waals surface area (Å²) in [5, 5.41) is 0. The van der Waals surface area contributed by atoms with Crippen molar-refractivity contribution in [2.24, 2.45) is 0 Å².